The van der Waals surface area contributed by atoms with Gasteiger partial charge < -0.3 is 16.3 Å². The molecule has 75 valence electrons. The van der Waals surface area contributed by atoms with Crippen molar-refractivity contribution in [3.63, 3.8) is 0 Å². The number of hydrogen-bond acceptors (Lipinski definition) is 2. The van der Waals surface area contributed by atoms with Crippen LogP contribution in [0.15, 0.2) is 0 Å². The van der Waals surface area contributed by atoms with Gasteiger partial charge in [-0.05, 0) is 0 Å². The van der Waals surface area contributed by atoms with Gasteiger partial charge in [0.25, 0.3) is 1.43 Å². The molecule has 0 saturated heterocycles. The van der Waals surface area contributed by atoms with Gasteiger partial charge in [-0.2, -0.15) is 20.3 Å². The van der Waals surface area contributed by atoms with E-state index in [0.29, 0.717) is 6.54 Å². The summed E-state index contributed by atoms with van der Waals surface area (Å²) >= 11 is 0. The average Bonchev–Trinajstić information content (AvgIpc) is 1.98. The van der Waals surface area contributed by atoms with Gasteiger partial charge in [0.2, 0.25) is 6.09 Å². The van der Waals surface area contributed by atoms with Crippen molar-refractivity contribution in [2.24, 2.45) is 5.41 Å². The minimum Gasteiger partial charge on any atom is -0.617 e. The summed E-state index contributed by atoms with van der Waals surface area (Å²) in [5.41, 5.74) is -0.0347. The van der Waals surface area contributed by atoms with Crippen LogP contribution in [-0.4, -0.2) is 17.7 Å². The number of carboxylic acid groups (broad SMARTS) is 1. The van der Waals surface area contributed by atoms with Crippen molar-refractivity contribution in [2.75, 3.05) is 6.54 Å². The van der Waals surface area contributed by atoms with Gasteiger partial charge in [-0.15, -0.1) is 6.54 Å². The summed E-state index contributed by atoms with van der Waals surface area (Å²) < 4.78 is 6.31. The topological polar surface area (TPSA) is 51.4 Å². The predicted octanol–water partition coefficient (Wildman–Crippen LogP) is 3.07. The van der Waals surface area contributed by atoms with E-state index in [2.05, 4.69) is 10.4 Å². The van der Waals surface area contributed by atoms with E-state index in [4.69, 9.17) is 1.43 Å². The molecule has 4 heteroatoms. The molecule has 0 aliphatic carbocycles. The van der Waals surface area contributed by atoms with Gasteiger partial charge in [0.15, 0.2) is 0 Å². The van der Waals surface area contributed by atoms with Crippen molar-refractivity contribution in [1.82, 2.24) is 0 Å². The van der Waals surface area contributed by atoms with Crippen LogP contribution in [0.2, 0.25) is 0 Å². The summed E-state index contributed by atoms with van der Waals surface area (Å²) in [6.07, 6.45) is 0.101. The van der Waals surface area contributed by atoms with Crippen LogP contribution in [0, 0.1) is 11.3 Å². The van der Waals surface area contributed by atoms with Crippen LogP contribution < -0.4 is 0 Å². The first kappa shape index (κ1) is 13.4. The van der Waals surface area contributed by atoms with Gasteiger partial charge >= 0.3 is 0 Å². The maximum atomic E-state index is 10.6. The van der Waals surface area contributed by atoms with E-state index < -0.39 is 6.09 Å². The van der Waals surface area contributed by atoms with Crippen molar-refractivity contribution < 1.29 is 42.6 Å². The van der Waals surface area contributed by atoms with Crippen LogP contribution in [0.1, 0.15) is 34.1 Å². The molecule has 0 unspecified atom stereocenters. The fourth-order valence-corrected chi connectivity index (χ4v) is 1.29. The van der Waals surface area contributed by atoms with Crippen LogP contribution in [0.3, 0.4) is 0 Å². The van der Waals surface area contributed by atoms with Gasteiger partial charge in [-0.1, -0.05) is 19.3 Å². The fourth-order valence-electron chi connectivity index (χ4n) is 1.29. The van der Waals surface area contributed by atoms with E-state index in [9.17, 15) is 4.79 Å². The van der Waals surface area contributed by atoms with Crippen LogP contribution in [-0.2, 0) is 32.7 Å². The summed E-state index contributed by atoms with van der Waals surface area (Å²) in [7, 11) is 0. The largest absolute Gasteiger partial charge is 0.617 e. The average molecular weight is 262 g/mol. The molecular formula is C9H17NO2Y-2. The van der Waals surface area contributed by atoms with Crippen LogP contribution in [0.25, 0.3) is 6.75 Å². The van der Waals surface area contributed by atoms with Crippen LogP contribution in [0.5, 0.6) is 0 Å². The number of rotatable bonds is 4. The Balaban J connectivity index is 0. The van der Waals surface area contributed by atoms with E-state index in [1.54, 1.807) is 0 Å². The molecule has 0 fully saturated rings. The minimum atomic E-state index is -0.818. The summed E-state index contributed by atoms with van der Waals surface area (Å²) in [4.78, 5) is 10.6. The Morgan fingerprint density at radius 3 is 2.54 bits per heavy atom. The van der Waals surface area contributed by atoms with Crippen molar-refractivity contribution in [1.29, 1.82) is 1.43 Å². The standard InChI is InChI=1S/C9H17NO2.Y/c1-7(2)5-9(3,4)6-10-8(11)12;/h5-6H2,1-4H3,(H,11,12);/q-2;/i/hT. The normalized spacial score (nSPS) is 11.6. The second kappa shape index (κ2) is 6.77. The monoisotopic (exact) mass is 262 g/mol. The molecule has 0 aromatic rings. The number of hydrogen-bond donors (Lipinski definition) is 1. The molecule has 0 bridgehead atoms. The van der Waals surface area contributed by atoms with E-state index in [0.717, 1.165) is 6.42 Å². The number of nitrogens with zero attached hydrogens (tertiary/aromatic N) is 1. The molecule has 0 aromatic heterocycles. The second-order valence-electron chi connectivity index (χ2n) is 4.13. The Kier molecular flexibility index (Phi) is 6.97. The molecular weight excluding hydrogens is 243 g/mol. The Labute approximate surface area is 107 Å². The SMILES string of the molecule is [3H]OC(=O)[N-]CC(C)(C)C[C-](C)C.[Y]. The van der Waals surface area contributed by atoms with E-state index in [-0.39, 0.29) is 38.1 Å². The van der Waals surface area contributed by atoms with Crippen LogP contribution in [0.4, 0.5) is 4.79 Å². The molecule has 0 aliphatic heterocycles. The molecule has 0 heterocycles. The van der Waals surface area contributed by atoms with Gasteiger partial charge in [0.05, 0.1) is 0 Å². The maximum absolute atomic E-state index is 10.6. The molecule has 1 N–H and O–H groups in total. The molecule has 1 radical (unpaired) electrons. The first-order valence-corrected chi connectivity index (χ1v) is 4.01. The summed E-state index contributed by atoms with van der Waals surface area (Å²) in [5, 5.41) is 7.29. The van der Waals surface area contributed by atoms with Gasteiger partial charge in [-0.3, -0.25) is 4.79 Å². The predicted molar refractivity (Wildman–Crippen MR) is 49.2 cm³/mol. The summed E-state index contributed by atoms with van der Waals surface area (Å²) in [6, 6.07) is 0. The van der Waals surface area contributed by atoms with Gasteiger partial charge in [0.1, 0.15) is 0 Å². The van der Waals surface area contributed by atoms with Crippen molar-refractivity contribution in [3.8, 4) is 0 Å². The Morgan fingerprint density at radius 2 is 2.15 bits per heavy atom. The van der Waals surface area contributed by atoms with E-state index in [1.807, 2.05) is 27.7 Å². The first-order valence-electron chi connectivity index (χ1n) is 4.42. The fraction of sp³-hybridized carbons (Fsp3) is 0.778. The Morgan fingerprint density at radius 1 is 1.62 bits per heavy atom. The number of carbonyl (C=O) groups is 1. The zero-order valence-corrected chi connectivity index (χ0v) is 11.6. The number of amides is 1. The molecule has 13 heavy (non-hydrogen) atoms. The smallest absolute Gasteiger partial charge is 0.295 e. The first-order chi connectivity index (χ1) is 5.87. The third kappa shape index (κ3) is 10.3. The summed E-state index contributed by atoms with van der Waals surface area (Å²) in [5.74, 6) is 1.31. The molecule has 0 saturated carbocycles. The molecule has 3 nitrogen and oxygen atoms in total. The zero-order chi connectivity index (χ0) is 10.5. The summed E-state index contributed by atoms with van der Waals surface area (Å²) in [6.45, 7) is 8.55. The Hall–Kier alpha value is 0.374. The van der Waals surface area contributed by atoms with E-state index >= 15 is 0 Å². The molecule has 0 spiro atoms. The minimum absolute atomic E-state index is 0. The molecule has 0 atom stereocenters. The Bertz CT molecular complexity index is 174. The van der Waals surface area contributed by atoms with Crippen molar-refractivity contribution in [2.45, 2.75) is 34.1 Å². The van der Waals surface area contributed by atoms with Crippen molar-refractivity contribution >= 4 is 6.09 Å². The van der Waals surface area contributed by atoms with Crippen LogP contribution >= 0.6 is 0 Å². The quantitative estimate of drug-likeness (QED) is 0.791. The van der Waals surface area contributed by atoms with Gasteiger partial charge in [-0.25, -0.2) is 0 Å². The molecule has 1 amide bonds. The molecule has 0 aliphatic rings. The second-order valence-corrected chi connectivity index (χ2v) is 4.13. The molecule has 0 aromatic carbocycles. The van der Waals surface area contributed by atoms with Gasteiger partial charge in [0, 0.05) is 32.7 Å². The maximum Gasteiger partial charge on any atom is 0.295 e. The zero-order valence-electron chi connectivity index (χ0n) is 9.76. The third-order valence-corrected chi connectivity index (χ3v) is 1.47. The third-order valence-electron chi connectivity index (χ3n) is 1.47. The van der Waals surface area contributed by atoms with Crippen molar-refractivity contribution in [3.05, 3.63) is 11.2 Å². The molecule has 0 rings (SSSR count). The van der Waals surface area contributed by atoms with E-state index in [1.165, 1.54) is 5.92 Å².